The van der Waals surface area contributed by atoms with Gasteiger partial charge in [0.1, 0.15) is 17.7 Å². The third-order valence-corrected chi connectivity index (χ3v) is 7.35. The van der Waals surface area contributed by atoms with Crippen molar-refractivity contribution < 1.29 is 26.8 Å². The Labute approximate surface area is 194 Å². The largest absolute Gasteiger partial charge is 0.274 e. The van der Waals surface area contributed by atoms with Crippen LogP contribution in [0.25, 0.3) is 0 Å². The Morgan fingerprint density at radius 3 is 2.00 bits per heavy atom. The number of benzene rings is 3. The van der Waals surface area contributed by atoms with Gasteiger partial charge in [0.05, 0.1) is 17.0 Å². The Morgan fingerprint density at radius 1 is 0.879 bits per heavy atom. The second-order valence-electron chi connectivity index (χ2n) is 7.39. The van der Waals surface area contributed by atoms with Crippen molar-refractivity contribution in [1.82, 2.24) is 4.31 Å². The van der Waals surface area contributed by atoms with E-state index in [1.807, 2.05) is 0 Å². The third kappa shape index (κ3) is 4.66. The van der Waals surface area contributed by atoms with E-state index in [-0.39, 0.29) is 17.1 Å². The van der Waals surface area contributed by atoms with Gasteiger partial charge in [0.25, 0.3) is 5.91 Å². The van der Waals surface area contributed by atoms with Crippen LogP contribution in [0.3, 0.4) is 0 Å². The standard InChI is InChI=1S/C23H17ClF2N2O4S/c24-16-3-11-20(12-4-16)33(31,32)27(14-15-1-5-17(25)6-2-15)21-13-22(29)28(23(21)30)19-9-7-18(26)8-10-19/h1-12,21H,13-14H2. The van der Waals surface area contributed by atoms with E-state index in [4.69, 9.17) is 11.6 Å². The van der Waals surface area contributed by atoms with Crippen LogP contribution in [0, 0.1) is 11.6 Å². The van der Waals surface area contributed by atoms with Crippen molar-refractivity contribution in [3.63, 3.8) is 0 Å². The van der Waals surface area contributed by atoms with E-state index < -0.39 is 45.9 Å². The Balaban J connectivity index is 1.74. The number of carbonyl (C=O) groups is 2. The van der Waals surface area contributed by atoms with Crippen molar-refractivity contribution in [2.24, 2.45) is 0 Å². The molecule has 1 atom stereocenters. The summed E-state index contributed by atoms with van der Waals surface area (Å²) in [7, 11) is -4.26. The molecule has 4 rings (SSSR count). The van der Waals surface area contributed by atoms with Gasteiger partial charge >= 0.3 is 0 Å². The van der Waals surface area contributed by atoms with Crippen LogP contribution >= 0.6 is 11.6 Å². The number of rotatable bonds is 6. The maximum atomic E-state index is 13.5. The summed E-state index contributed by atoms with van der Waals surface area (Å²) in [4.78, 5) is 26.7. The number of amides is 2. The fourth-order valence-electron chi connectivity index (χ4n) is 3.58. The first kappa shape index (κ1) is 23.0. The summed E-state index contributed by atoms with van der Waals surface area (Å²) in [5.41, 5.74) is 0.564. The van der Waals surface area contributed by atoms with Crippen LogP contribution in [0.5, 0.6) is 0 Å². The van der Waals surface area contributed by atoms with Gasteiger partial charge in [-0.1, -0.05) is 23.7 Å². The molecule has 2 amide bonds. The molecule has 0 spiro atoms. The molecule has 10 heteroatoms. The molecule has 1 aliphatic rings. The number of carbonyl (C=O) groups excluding carboxylic acids is 2. The van der Waals surface area contributed by atoms with Crippen molar-refractivity contribution in [2.75, 3.05) is 4.90 Å². The Morgan fingerprint density at radius 2 is 1.42 bits per heavy atom. The fourth-order valence-corrected chi connectivity index (χ4v) is 5.27. The summed E-state index contributed by atoms with van der Waals surface area (Å²) in [6.45, 7) is -0.272. The zero-order chi connectivity index (χ0) is 23.8. The summed E-state index contributed by atoms with van der Waals surface area (Å²) in [6.07, 6.45) is -0.399. The highest BCUT2D eigenvalue weighted by atomic mass is 35.5. The van der Waals surface area contributed by atoms with Crippen LogP contribution in [0.2, 0.25) is 5.02 Å². The van der Waals surface area contributed by atoms with Crippen LogP contribution in [-0.4, -0.2) is 30.6 Å². The molecule has 1 saturated heterocycles. The number of sulfonamides is 1. The predicted octanol–water partition coefficient (Wildman–Crippen LogP) is 4.14. The fraction of sp³-hybridized carbons (Fsp3) is 0.130. The number of hydrogen-bond donors (Lipinski definition) is 0. The maximum Gasteiger partial charge on any atom is 0.252 e. The molecule has 0 aliphatic carbocycles. The average Bonchev–Trinajstić information content (AvgIpc) is 3.07. The van der Waals surface area contributed by atoms with E-state index in [2.05, 4.69) is 0 Å². The second kappa shape index (κ2) is 9.01. The molecule has 0 aromatic heterocycles. The lowest BCUT2D eigenvalue weighted by atomic mass is 10.2. The molecule has 0 N–H and O–H groups in total. The van der Waals surface area contributed by atoms with Crippen molar-refractivity contribution in [3.05, 3.63) is 95.0 Å². The quantitative estimate of drug-likeness (QED) is 0.487. The monoisotopic (exact) mass is 490 g/mol. The van der Waals surface area contributed by atoms with Gasteiger partial charge in [-0.2, -0.15) is 4.31 Å². The van der Waals surface area contributed by atoms with Gasteiger partial charge < -0.3 is 0 Å². The van der Waals surface area contributed by atoms with E-state index in [1.165, 1.54) is 60.7 Å². The van der Waals surface area contributed by atoms with E-state index in [9.17, 15) is 26.8 Å². The molecule has 1 fully saturated rings. The molecular weight excluding hydrogens is 474 g/mol. The minimum Gasteiger partial charge on any atom is -0.274 e. The maximum absolute atomic E-state index is 13.5. The third-order valence-electron chi connectivity index (χ3n) is 5.23. The molecule has 0 saturated carbocycles. The smallest absolute Gasteiger partial charge is 0.252 e. The summed E-state index contributed by atoms with van der Waals surface area (Å²) >= 11 is 5.88. The average molecular weight is 491 g/mol. The van der Waals surface area contributed by atoms with Crippen LogP contribution < -0.4 is 4.90 Å². The highest BCUT2D eigenvalue weighted by molar-refractivity contribution is 7.89. The number of nitrogens with zero attached hydrogens (tertiary/aromatic N) is 2. The van der Waals surface area contributed by atoms with Gasteiger partial charge in [0.15, 0.2) is 0 Å². The van der Waals surface area contributed by atoms with Gasteiger partial charge in [-0.05, 0) is 66.2 Å². The number of anilines is 1. The molecule has 1 aliphatic heterocycles. The molecule has 1 heterocycles. The van der Waals surface area contributed by atoms with E-state index >= 15 is 0 Å². The number of halogens is 3. The van der Waals surface area contributed by atoms with Crippen LogP contribution in [-0.2, 0) is 26.2 Å². The van der Waals surface area contributed by atoms with Crippen molar-refractivity contribution >= 4 is 39.1 Å². The summed E-state index contributed by atoms with van der Waals surface area (Å²) in [5.74, 6) is -2.42. The normalized spacial score (nSPS) is 16.6. The second-order valence-corrected chi connectivity index (χ2v) is 9.72. The van der Waals surface area contributed by atoms with E-state index in [1.54, 1.807) is 0 Å². The van der Waals surface area contributed by atoms with Crippen molar-refractivity contribution in [3.8, 4) is 0 Å². The predicted molar refractivity (Wildman–Crippen MR) is 118 cm³/mol. The summed E-state index contributed by atoms with van der Waals surface area (Å²) in [5, 5.41) is 0.327. The molecule has 0 bridgehead atoms. The Kier molecular flexibility index (Phi) is 6.29. The van der Waals surface area contributed by atoms with Crippen LogP contribution in [0.1, 0.15) is 12.0 Å². The first-order chi connectivity index (χ1) is 15.7. The molecule has 3 aromatic rings. The molecule has 170 valence electrons. The Hall–Kier alpha value is -3.14. The highest BCUT2D eigenvalue weighted by Crippen LogP contribution is 2.31. The molecule has 33 heavy (non-hydrogen) atoms. The van der Waals surface area contributed by atoms with E-state index in [0.717, 1.165) is 21.3 Å². The summed E-state index contributed by atoms with van der Waals surface area (Å²) < 4.78 is 54.6. The lowest BCUT2D eigenvalue weighted by molar-refractivity contribution is -0.122. The highest BCUT2D eigenvalue weighted by Gasteiger charge is 2.47. The Bertz CT molecular complexity index is 1300. The number of hydrogen-bond acceptors (Lipinski definition) is 4. The first-order valence-corrected chi connectivity index (χ1v) is 11.6. The first-order valence-electron chi connectivity index (χ1n) is 9.81. The van der Waals surface area contributed by atoms with Crippen molar-refractivity contribution in [1.29, 1.82) is 0 Å². The minimum atomic E-state index is -4.26. The lowest BCUT2D eigenvalue weighted by Crippen LogP contribution is -2.45. The number of imide groups is 1. The molecule has 6 nitrogen and oxygen atoms in total. The zero-order valence-corrected chi connectivity index (χ0v) is 18.6. The van der Waals surface area contributed by atoms with Gasteiger partial charge in [-0.3, -0.25) is 9.59 Å². The molecule has 1 unspecified atom stereocenters. The van der Waals surface area contributed by atoms with Gasteiger partial charge in [-0.15, -0.1) is 0 Å². The van der Waals surface area contributed by atoms with Gasteiger partial charge in [0.2, 0.25) is 15.9 Å². The van der Waals surface area contributed by atoms with Crippen LogP contribution in [0.15, 0.2) is 77.7 Å². The lowest BCUT2D eigenvalue weighted by Gasteiger charge is -2.27. The van der Waals surface area contributed by atoms with Gasteiger partial charge in [-0.25, -0.2) is 22.1 Å². The SMILES string of the molecule is O=C1CC(N(Cc2ccc(F)cc2)S(=O)(=O)c2ccc(Cl)cc2)C(=O)N1c1ccc(F)cc1. The van der Waals surface area contributed by atoms with Crippen molar-refractivity contribution in [2.45, 2.75) is 23.9 Å². The molecular formula is C23H17ClF2N2O4S. The van der Waals surface area contributed by atoms with Gasteiger partial charge in [0, 0.05) is 11.6 Å². The molecule has 0 radical (unpaired) electrons. The topological polar surface area (TPSA) is 74.8 Å². The minimum absolute atomic E-state index is 0.116. The van der Waals surface area contributed by atoms with E-state index in [0.29, 0.717) is 10.6 Å². The summed E-state index contributed by atoms with van der Waals surface area (Å²) in [6, 6.07) is 14.0. The zero-order valence-electron chi connectivity index (χ0n) is 17.0. The molecule has 3 aromatic carbocycles. The van der Waals surface area contributed by atoms with Crippen LogP contribution in [0.4, 0.5) is 14.5 Å².